The van der Waals surface area contributed by atoms with E-state index in [2.05, 4.69) is 19.3 Å². The number of benzene rings is 1. The number of nitrogens with zero attached hydrogens (tertiary/aromatic N) is 1. The average molecular weight is 261 g/mol. The number of hydrogen-bond donors (Lipinski definition) is 2. The molecule has 4 heteroatoms. The Hall–Kier alpha value is -1.55. The molecule has 0 aliphatic heterocycles. The molecule has 2 rings (SSSR count). The third-order valence-electron chi connectivity index (χ3n) is 3.37. The van der Waals surface area contributed by atoms with E-state index in [1.165, 1.54) is 0 Å². The van der Waals surface area contributed by atoms with Crippen molar-refractivity contribution >= 4 is 11.6 Å². The number of nitrogens with one attached hydrogen (secondary N) is 1. The summed E-state index contributed by atoms with van der Waals surface area (Å²) in [5.41, 5.74) is 5.07. The Balaban J connectivity index is 2.28. The van der Waals surface area contributed by atoms with Crippen molar-refractivity contribution < 1.29 is 4.79 Å². The normalized spacial score (nSPS) is 14.6. The molecule has 104 valence electrons. The van der Waals surface area contributed by atoms with Gasteiger partial charge in [0.1, 0.15) is 0 Å². The van der Waals surface area contributed by atoms with Crippen LogP contribution in [0, 0.1) is 12.8 Å². The van der Waals surface area contributed by atoms with Crippen LogP contribution in [0.3, 0.4) is 0 Å². The van der Waals surface area contributed by atoms with Crippen molar-refractivity contribution in [2.45, 2.75) is 39.7 Å². The predicted molar refractivity (Wildman–Crippen MR) is 77.9 cm³/mol. The first-order chi connectivity index (χ1) is 9.02. The van der Waals surface area contributed by atoms with Crippen LogP contribution in [-0.2, 0) is 0 Å². The van der Waals surface area contributed by atoms with E-state index in [0.717, 1.165) is 24.9 Å². The van der Waals surface area contributed by atoms with Crippen molar-refractivity contribution in [3.8, 4) is 0 Å². The lowest BCUT2D eigenvalue weighted by Gasteiger charge is -2.25. The fourth-order valence-electron chi connectivity index (χ4n) is 2.29. The maximum atomic E-state index is 12.7. The van der Waals surface area contributed by atoms with Gasteiger partial charge in [0.25, 0.3) is 5.91 Å². The molecule has 1 fully saturated rings. The monoisotopic (exact) mass is 261 g/mol. The van der Waals surface area contributed by atoms with E-state index >= 15 is 0 Å². The van der Waals surface area contributed by atoms with Crippen molar-refractivity contribution in [3.05, 3.63) is 29.3 Å². The van der Waals surface area contributed by atoms with Gasteiger partial charge in [0, 0.05) is 12.6 Å². The molecule has 0 unspecified atom stereocenters. The van der Waals surface area contributed by atoms with Gasteiger partial charge in [0.15, 0.2) is 0 Å². The molecule has 3 N–H and O–H groups in total. The van der Waals surface area contributed by atoms with Gasteiger partial charge in [-0.1, -0.05) is 25.5 Å². The molecule has 0 saturated heterocycles. The third kappa shape index (κ3) is 3.26. The lowest BCUT2D eigenvalue weighted by Crippen LogP contribution is -2.36. The van der Waals surface area contributed by atoms with Gasteiger partial charge in [0.05, 0.1) is 11.3 Å². The van der Waals surface area contributed by atoms with Crippen molar-refractivity contribution in [2.24, 2.45) is 11.8 Å². The fraction of sp³-hybridized carbons (Fsp3) is 0.533. The Kier molecular flexibility index (Phi) is 4.10. The van der Waals surface area contributed by atoms with Gasteiger partial charge in [-0.2, -0.15) is 0 Å². The lowest BCUT2D eigenvalue weighted by atomic mass is 10.1. The van der Waals surface area contributed by atoms with Crippen LogP contribution in [0.25, 0.3) is 0 Å². The quantitative estimate of drug-likeness (QED) is 0.632. The van der Waals surface area contributed by atoms with Crippen LogP contribution in [-0.4, -0.2) is 23.4 Å². The van der Waals surface area contributed by atoms with E-state index in [9.17, 15) is 4.79 Å². The second kappa shape index (κ2) is 5.61. The highest BCUT2D eigenvalue weighted by Crippen LogP contribution is 2.30. The summed E-state index contributed by atoms with van der Waals surface area (Å²) in [5.74, 6) is 6.08. The summed E-state index contributed by atoms with van der Waals surface area (Å²) in [5, 5.41) is 0. The highest BCUT2D eigenvalue weighted by molar-refractivity contribution is 6.00. The molecule has 19 heavy (non-hydrogen) atoms. The van der Waals surface area contributed by atoms with E-state index in [-0.39, 0.29) is 5.91 Å². The first-order valence-corrected chi connectivity index (χ1v) is 6.91. The van der Waals surface area contributed by atoms with Crippen LogP contribution >= 0.6 is 0 Å². The molecule has 1 aromatic carbocycles. The highest BCUT2D eigenvalue weighted by atomic mass is 16.2. The van der Waals surface area contributed by atoms with Crippen molar-refractivity contribution in [3.63, 3.8) is 0 Å². The first kappa shape index (κ1) is 13.9. The van der Waals surface area contributed by atoms with Gasteiger partial charge >= 0.3 is 0 Å². The zero-order valence-electron chi connectivity index (χ0n) is 11.9. The number of hydrazine groups is 1. The van der Waals surface area contributed by atoms with Gasteiger partial charge in [-0.05, 0) is 37.8 Å². The summed E-state index contributed by atoms with van der Waals surface area (Å²) in [7, 11) is 0. The number of aryl methyl sites for hydroxylation is 1. The maximum Gasteiger partial charge on any atom is 0.256 e. The molecule has 1 saturated carbocycles. The van der Waals surface area contributed by atoms with E-state index in [0.29, 0.717) is 23.2 Å². The zero-order chi connectivity index (χ0) is 14.0. The Morgan fingerprint density at radius 3 is 2.68 bits per heavy atom. The van der Waals surface area contributed by atoms with Gasteiger partial charge in [0.2, 0.25) is 0 Å². The number of nitrogen functional groups attached to an aromatic ring is 1. The summed E-state index contributed by atoms with van der Waals surface area (Å²) in [6.45, 7) is 7.07. The van der Waals surface area contributed by atoms with Crippen LogP contribution in [0.4, 0.5) is 5.69 Å². The first-order valence-electron chi connectivity index (χ1n) is 6.91. The van der Waals surface area contributed by atoms with E-state index < -0.39 is 0 Å². The number of carbonyl (C=O) groups is 1. The summed E-state index contributed by atoms with van der Waals surface area (Å²) >= 11 is 0. The summed E-state index contributed by atoms with van der Waals surface area (Å²) in [6, 6.07) is 6.15. The van der Waals surface area contributed by atoms with E-state index in [4.69, 9.17) is 5.84 Å². The minimum absolute atomic E-state index is 0.0906. The van der Waals surface area contributed by atoms with Crippen LogP contribution in [0.1, 0.15) is 42.6 Å². The minimum Gasteiger partial charge on any atom is -0.335 e. The molecule has 0 radical (unpaired) electrons. The third-order valence-corrected chi connectivity index (χ3v) is 3.37. The second-order valence-electron chi connectivity index (χ2n) is 5.78. The Labute approximate surface area is 114 Å². The molecular weight excluding hydrogens is 238 g/mol. The maximum absolute atomic E-state index is 12.7. The van der Waals surface area contributed by atoms with Gasteiger partial charge in [-0.15, -0.1) is 0 Å². The molecular formula is C15H23N3O. The molecule has 0 atom stereocenters. The van der Waals surface area contributed by atoms with Crippen molar-refractivity contribution in [1.82, 2.24) is 4.90 Å². The molecule has 4 nitrogen and oxygen atoms in total. The Morgan fingerprint density at radius 1 is 1.47 bits per heavy atom. The number of nitrogens with two attached hydrogens (primary N) is 1. The largest absolute Gasteiger partial charge is 0.335 e. The summed E-state index contributed by atoms with van der Waals surface area (Å²) in [4.78, 5) is 14.7. The average Bonchev–Trinajstić information content (AvgIpc) is 3.19. The number of carbonyl (C=O) groups excluding carboxylic acids is 1. The summed E-state index contributed by atoms with van der Waals surface area (Å²) < 4.78 is 0. The molecule has 0 spiro atoms. The molecule has 0 aromatic heterocycles. The van der Waals surface area contributed by atoms with E-state index in [1.807, 2.05) is 30.0 Å². The number of amides is 1. The van der Waals surface area contributed by atoms with Gasteiger partial charge in [-0.25, -0.2) is 0 Å². The molecule has 1 aromatic rings. The topological polar surface area (TPSA) is 58.4 Å². The molecule has 0 bridgehead atoms. The molecule has 1 amide bonds. The SMILES string of the molecule is Cc1ccc(NN)c(C(=O)N(CC(C)C)C2CC2)c1. The van der Waals surface area contributed by atoms with Gasteiger partial charge < -0.3 is 10.3 Å². The van der Waals surface area contributed by atoms with Crippen LogP contribution in [0.5, 0.6) is 0 Å². The fourth-order valence-corrected chi connectivity index (χ4v) is 2.29. The summed E-state index contributed by atoms with van der Waals surface area (Å²) in [6.07, 6.45) is 2.24. The number of anilines is 1. The second-order valence-corrected chi connectivity index (χ2v) is 5.78. The number of hydrogen-bond acceptors (Lipinski definition) is 3. The minimum atomic E-state index is 0.0906. The molecule has 0 heterocycles. The van der Waals surface area contributed by atoms with Crippen molar-refractivity contribution in [2.75, 3.05) is 12.0 Å². The lowest BCUT2D eigenvalue weighted by molar-refractivity contribution is 0.0723. The molecule has 1 aliphatic rings. The molecule has 1 aliphatic carbocycles. The predicted octanol–water partition coefficient (Wildman–Crippen LogP) is 2.54. The highest BCUT2D eigenvalue weighted by Gasteiger charge is 2.34. The van der Waals surface area contributed by atoms with E-state index in [1.54, 1.807) is 0 Å². The van der Waals surface area contributed by atoms with Crippen molar-refractivity contribution in [1.29, 1.82) is 0 Å². The van der Waals surface area contributed by atoms with Crippen LogP contribution < -0.4 is 11.3 Å². The van der Waals surface area contributed by atoms with Gasteiger partial charge in [-0.3, -0.25) is 10.6 Å². The van der Waals surface area contributed by atoms with Crippen LogP contribution in [0.2, 0.25) is 0 Å². The smallest absolute Gasteiger partial charge is 0.256 e. The standard InChI is InChI=1S/C15H23N3O/c1-10(2)9-18(12-5-6-12)15(19)13-8-11(3)4-7-14(13)17-16/h4,7-8,10,12,17H,5-6,9,16H2,1-3H3. The Bertz CT molecular complexity index is 466. The van der Waals surface area contributed by atoms with Crippen LogP contribution in [0.15, 0.2) is 18.2 Å². The Morgan fingerprint density at radius 2 is 2.16 bits per heavy atom. The zero-order valence-corrected chi connectivity index (χ0v) is 11.9. The number of rotatable bonds is 5.